The van der Waals surface area contributed by atoms with Gasteiger partial charge < -0.3 is 10.2 Å². The zero-order valence-electron chi connectivity index (χ0n) is 6.51. The molecule has 1 aliphatic carbocycles. The molecule has 2 N–H and O–H groups in total. The van der Waals surface area contributed by atoms with Crippen molar-refractivity contribution in [3.05, 3.63) is 41.5 Å². The Bertz CT molecular complexity index is 317. The van der Waals surface area contributed by atoms with Crippen molar-refractivity contribution in [2.75, 3.05) is 0 Å². The molecular formula is C10H10O2. The summed E-state index contributed by atoms with van der Waals surface area (Å²) in [4.78, 5) is 0. The van der Waals surface area contributed by atoms with E-state index in [9.17, 15) is 10.2 Å². The molecule has 2 atom stereocenters. The van der Waals surface area contributed by atoms with Gasteiger partial charge in [-0.25, -0.2) is 0 Å². The first-order valence-corrected chi connectivity index (χ1v) is 3.92. The summed E-state index contributed by atoms with van der Waals surface area (Å²) in [5.41, 5.74) is 1.78. The van der Waals surface area contributed by atoms with E-state index in [0.717, 1.165) is 11.1 Å². The molecule has 0 saturated heterocycles. The first kappa shape index (κ1) is 7.53. The average molecular weight is 162 g/mol. The molecule has 2 nitrogen and oxygen atoms in total. The van der Waals surface area contributed by atoms with Crippen LogP contribution in [0.2, 0.25) is 0 Å². The van der Waals surface area contributed by atoms with E-state index in [1.165, 1.54) is 0 Å². The standard InChI is InChI=1S/C10H10O2/c11-9-6-5-7-3-1-2-4-8(7)10(9)12/h1-6,9-12H/t9-,10+/m0/s1. The maximum Gasteiger partial charge on any atom is 0.109 e. The summed E-state index contributed by atoms with van der Waals surface area (Å²) in [6, 6.07) is 7.51. The molecule has 0 spiro atoms. The highest BCUT2D eigenvalue weighted by Gasteiger charge is 2.20. The van der Waals surface area contributed by atoms with Crippen molar-refractivity contribution in [3.63, 3.8) is 0 Å². The third-order valence-electron chi connectivity index (χ3n) is 2.11. The van der Waals surface area contributed by atoms with Gasteiger partial charge in [-0.05, 0) is 11.1 Å². The van der Waals surface area contributed by atoms with Crippen LogP contribution in [0.3, 0.4) is 0 Å². The molecule has 2 rings (SSSR count). The molecule has 0 amide bonds. The molecule has 0 heterocycles. The number of fused-ring (bicyclic) bond motifs is 1. The van der Waals surface area contributed by atoms with Gasteiger partial charge in [0, 0.05) is 0 Å². The van der Waals surface area contributed by atoms with Crippen molar-refractivity contribution in [2.45, 2.75) is 12.2 Å². The Balaban J connectivity index is 2.52. The van der Waals surface area contributed by atoms with Crippen LogP contribution in [0.5, 0.6) is 0 Å². The molecule has 0 radical (unpaired) electrons. The third kappa shape index (κ3) is 1.05. The van der Waals surface area contributed by atoms with Gasteiger partial charge in [-0.1, -0.05) is 36.4 Å². The second-order valence-corrected chi connectivity index (χ2v) is 2.92. The molecule has 0 aromatic heterocycles. The molecule has 1 aliphatic rings. The second-order valence-electron chi connectivity index (χ2n) is 2.92. The number of benzene rings is 1. The van der Waals surface area contributed by atoms with Gasteiger partial charge in [-0.2, -0.15) is 0 Å². The van der Waals surface area contributed by atoms with Crippen molar-refractivity contribution in [3.8, 4) is 0 Å². The smallest absolute Gasteiger partial charge is 0.109 e. The summed E-state index contributed by atoms with van der Waals surface area (Å²) < 4.78 is 0. The minimum Gasteiger partial charge on any atom is -0.386 e. The van der Waals surface area contributed by atoms with E-state index < -0.39 is 12.2 Å². The van der Waals surface area contributed by atoms with Crippen molar-refractivity contribution in [1.82, 2.24) is 0 Å². The Hall–Kier alpha value is -1.12. The Labute approximate surface area is 70.8 Å². The highest BCUT2D eigenvalue weighted by molar-refractivity contribution is 5.58. The first-order chi connectivity index (χ1) is 5.79. The molecule has 0 fully saturated rings. The minimum atomic E-state index is -0.772. The number of hydrogen-bond donors (Lipinski definition) is 2. The molecule has 62 valence electrons. The van der Waals surface area contributed by atoms with Gasteiger partial charge in [0.05, 0.1) is 0 Å². The molecule has 0 aliphatic heterocycles. The van der Waals surface area contributed by atoms with Crippen LogP contribution in [0.15, 0.2) is 30.3 Å². The van der Waals surface area contributed by atoms with Gasteiger partial charge in [0.2, 0.25) is 0 Å². The fourth-order valence-corrected chi connectivity index (χ4v) is 1.42. The molecule has 0 bridgehead atoms. The van der Waals surface area contributed by atoms with Crippen LogP contribution >= 0.6 is 0 Å². The van der Waals surface area contributed by atoms with Gasteiger partial charge in [-0.15, -0.1) is 0 Å². The van der Waals surface area contributed by atoms with E-state index >= 15 is 0 Å². The van der Waals surface area contributed by atoms with E-state index in [1.807, 2.05) is 30.3 Å². The fourth-order valence-electron chi connectivity index (χ4n) is 1.42. The lowest BCUT2D eigenvalue weighted by molar-refractivity contribution is 0.0470. The zero-order chi connectivity index (χ0) is 8.55. The van der Waals surface area contributed by atoms with Gasteiger partial charge in [0.1, 0.15) is 12.2 Å². The summed E-state index contributed by atoms with van der Waals surface area (Å²) in [6.07, 6.45) is 1.89. The summed E-state index contributed by atoms with van der Waals surface area (Å²) in [7, 11) is 0. The quantitative estimate of drug-likeness (QED) is 0.600. The molecule has 12 heavy (non-hydrogen) atoms. The predicted octanol–water partition coefficient (Wildman–Crippen LogP) is 1.11. The highest BCUT2D eigenvalue weighted by Crippen LogP contribution is 2.27. The maximum absolute atomic E-state index is 9.53. The molecule has 1 aromatic carbocycles. The van der Waals surface area contributed by atoms with E-state index in [4.69, 9.17) is 0 Å². The summed E-state index contributed by atoms with van der Waals surface area (Å²) in [6.45, 7) is 0. The van der Waals surface area contributed by atoms with E-state index in [1.54, 1.807) is 6.08 Å². The molecule has 1 aromatic rings. The molecule has 0 saturated carbocycles. The summed E-state index contributed by atoms with van der Waals surface area (Å²) in [5, 5.41) is 18.8. The molecule has 2 heteroatoms. The monoisotopic (exact) mass is 162 g/mol. The van der Waals surface area contributed by atoms with Gasteiger partial charge in [-0.3, -0.25) is 0 Å². The second kappa shape index (κ2) is 2.73. The number of hydrogen-bond acceptors (Lipinski definition) is 2. The van der Waals surface area contributed by atoms with Crippen molar-refractivity contribution < 1.29 is 10.2 Å². The predicted molar refractivity (Wildman–Crippen MR) is 46.4 cm³/mol. The van der Waals surface area contributed by atoms with Crippen LogP contribution in [0.4, 0.5) is 0 Å². The zero-order valence-corrected chi connectivity index (χ0v) is 6.51. The highest BCUT2D eigenvalue weighted by atomic mass is 16.3. The lowest BCUT2D eigenvalue weighted by Crippen LogP contribution is -2.19. The summed E-state index contributed by atoms with van der Waals surface area (Å²) >= 11 is 0. The van der Waals surface area contributed by atoms with Gasteiger partial charge in [0.15, 0.2) is 0 Å². The number of rotatable bonds is 0. The average Bonchev–Trinajstić information content (AvgIpc) is 2.12. The van der Waals surface area contributed by atoms with E-state index in [2.05, 4.69) is 0 Å². The van der Waals surface area contributed by atoms with Crippen molar-refractivity contribution in [1.29, 1.82) is 0 Å². The SMILES string of the molecule is O[C@@H]1c2ccccc2C=C[C@@H]1O. The van der Waals surface area contributed by atoms with Gasteiger partial charge >= 0.3 is 0 Å². The number of aliphatic hydroxyl groups is 2. The number of aliphatic hydroxyl groups excluding tert-OH is 2. The van der Waals surface area contributed by atoms with Gasteiger partial charge in [0.25, 0.3) is 0 Å². The third-order valence-corrected chi connectivity index (χ3v) is 2.11. The Morgan fingerprint density at radius 2 is 1.83 bits per heavy atom. The Morgan fingerprint density at radius 1 is 1.08 bits per heavy atom. The lowest BCUT2D eigenvalue weighted by atomic mass is 9.93. The topological polar surface area (TPSA) is 40.5 Å². The first-order valence-electron chi connectivity index (χ1n) is 3.92. The minimum absolute atomic E-state index is 0.764. The maximum atomic E-state index is 9.53. The van der Waals surface area contributed by atoms with Crippen molar-refractivity contribution in [2.24, 2.45) is 0 Å². The van der Waals surface area contributed by atoms with Crippen LogP contribution < -0.4 is 0 Å². The Kier molecular flexibility index (Phi) is 1.71. The summed E-state index contributed by atoms with van der Waals surface area (Å²) in [5.74, 6) is 0. The van der Waals surface area contributed by atoms with Crippen LogP contribution in [-0.2, 0) is 0 Å². The lowest BCUT2D eigenvalue weighted by Gasteiger charge is -2.21. The largest absolute Gasteiger partial charge is 0.386 e. The molecular weight excluding hydrogens is 152 g/mol. The van der Waals surface area contributed by atoms with Crippen molar-refractivity contribution >= 4 is 6.08 Å². The van der Waals surface area contributed by atoms with Crippen LogP contribution in [0.25, 0.3) is 6.08 Å². The van der Waals surface area contributed by atoms with Crippen LogP contribution in [0, 0.1) is 0 Å². The van der Waals surface area contributed by atoms with E-state index in [-0.39, 0.29) is 0 Å². The normalized spacial score (nSPS) is 26.8. The van der Waals surface area contributed by atoms with E-state index in [0.29, 0.717) is 0 Å². The Morgan fingerprint density at radius 3 is 2.67 bits per heavy atom. The van der Waals surface area contributed by atoms with Crippen LogP contribution in [0.1, 0.15) is 17.2 Å². The van der Waals surface area contributed by atoms with Crippen LogP contribution in [-0.4, -0.2) is 16.3 Å². The fraction of sp³-hybridized carbons (Fsp3) is 0.200. The molecule has 0 unspecified atom stereocenters.